The minimum absolute atomic E-state index is 0.0148. The summed E-state index contributed by atoms with van der Waals surface area (Å²) in [4.78, 5) is 95.0. The maximum Gasteiger partial charge on any atom is 0.323 e. The molecule has 2 saturated heterocycles. The van der Waals surface area contributed by atoms with Crippen LogP contribution in [0.5, 0.6) is 23.0 Å². The first-order valence-electron chi connectivity index (χ1n) is 29.6. The van der Waals surface area contributed by atoms with Crippen LogP contribution in [0.2, 0.25) is 0 Å². The molecule has 0 unspecified atom stereocenters. The molecule has 4 aliphatic rings. The third kappa shape index (κ3) is 15.4. The summed E-state index contributed by atoms with van der Waals surface area (Å²) in [5.74, 6) is -5.42. The zero-order chi connectivity index (χ0) is 66.0. The Morgan fingerprint density at radius 2 is 1.04 bits per heavy atom. The van der Waals surface area contributed by atoms with Gasteiger partial charge in [-0.2, -0.15) is 0 Å². The van der Waals surface area contributed by atoms with Gasteiger partial charge in [-0.25, -0.2) is 4.58 Å². The van der Waals surface area contributed by atoms with E-state index in [1.54, 1.807) is 91.8 Å². The van der Waals surface area contributed by atoms with Gasteiger partial charge >= 0.3 is 23.9 Å². The van der Waals surface area contributed by atoms with Gasteiger partial charge in [-0.3, -0.25) is 28.8 Å². The second-order valence-corrected chi connectivity index (χ2v) is 22.6. The van der Waals surface area contributed by atoms with E-state index in [1.807, 2.05) is 89.1 Å². The van der Waals surface area contributed by atoms with Gasteiger partial charge in [-0.05, 0) is 72.3 Å². The Morgan fingerprint density at radius 1 is 0.538 bits per heavy atom. The van der Waals surface area contributed by atoms with Crippen LogP contribution in [-0.2, 0) is 28.8 Å². The third-order valence-corrected chi connectivity index (χ3v) is 15.8. The van der Waals surface area contributed by atoms with E-state index in [1.165, 1.54) is 17.0 Å². The lowest BCUT2D eigenvalue weighted by Gasteiger charge is -2.40. The highest BCUT2D eigenvalue weighted by atomic mass is 16.5. The summed E-state index contributed by atoms with van der Waals surface area (Å²) < 4.78 is 32.9. The zero-order valence-electron chi connectivity index (χ0n) is 51.3. The Bertz CT molecular complexity index is 4180. The number of hydrogen-bond acceptors (Lipinski definition) is 18. The molecule has 0 bridgehead atoms. The normalized spacial score (nSPS) is 13.4. The number of aliphatic carboxylic acids is 4. The van der Waals surface area contributed by atoms with E-state index in [0.29, 0.717) is 93.8 Å². The van der Waals surface area contributed by atoms with E-state index < -0.39 is 54.8 Å². The molecule has 0 aromatic heterocycles. The van der Waals surface area contributed by atoms with Gasteiger partial charge in [0.15, 0.2) is 19.0 Å². The molecule has 2 fully saturated rings. The molecule has 93 heavy (non-hydrogen) atoms. The lowest BCUT2D eigenvalue weighted by atomic mass is 9.90. The van der Waals surface area contributed by atoms with Crippen LogP contribution in [-0.4, -0.2) is 169 Å². The fraction of sp³-hybridized carbons (Fsp3) is 0.265. The molecule has 1 aliphatic carbocycles. The number of nitrogens with one attached hydrogen (secondary N) is 2. The van der Waals surface area contributed by atoms with Gasteiger partial charge in [0.1, 0.15) is 86.9 Å². The van der Waals surface area contributed by atoms with Gasteiger partial charge in [0.2, 0.25) is 17.2 Å². The predicted octanol–water partition coefficient (Wildman–Crippen LogP) is 5.68. The van der Waals surface area contributed by atoms with Crippen molar-refractivity contribution in [3.63, 3.8) is 0 Å². The number of carboxylic acids is 5. The van der Waals surface area contributed by atoms with Crippen molar-refractivity contribution in [2.24, 2.45) is 11.8 Å². The van der Waals surface area contributed by atoms with Gasteiger partial charge < -0.3 is 88.8 Å². The molecule has 0 spiro atoms. The molecule has 482 valence electrons. The van der Waals surface area contributed by atoms with Gasteiger partial charge in [0.05, 0.1) is 40.7 Å². The molecule has 10 rings (SSSR count). The summed E-state index contributed by atoms with van der Waals surface area (Å²) in [6, 6.07) is 41.6. The fourth-order valence-corrected chi connectivity index (χ4v) is 11.2. The summed E-state index contributed by atoms with van der Waals surface area (Å²) in [7, 11) is 7.04. The second-order valence-electron chi connectivity index (χ2n) is 22.6. The molecule has 0 radical (unpaired) electrons. The number of nitrogens with zero attached hydrogens (tertiary/aromatic N) is 6. The first-order chi connectivity index (χ1) is 44.7. The Labute approximate surface area is 533 Å². The standard InChI is InChI=1S/C68H68N8O17/c1-71(2)51-13-7-9-15-55(51)89-25-27-91-59-29-43(17-23-52(59)72(3)37-61(77)78)69-66(85)41-33-74(34-41)45-19-21-49-57(31-45)93-58-32-46(20-22-50(58)65(49)47-11-5-6-12-48(47)68(87)88)75-35-42(36-75)67(86)70-44-18-24-53(73(4)38-62(79)80)60(30-44)92-28-26-90-56-16-10-8-14-54(56)76(39-63(81)82)40-64(83)84/h5-24,29-32,41-42H,25-28,33-40H2,1-4H3,(H6-,69,70,77,78,79,80,81,82,83,84,85,86,87,88). The monoisotopic (exact) mass is 1270 g/mol. The number of carboxylic acid groups (broad SMARTS) is 5. The maximum absolute atomic E-state index is 13.9. The fourth-order valence-electron chi connectivity index (χ4n) is 11.2. The highest BCUT2D eigenvalue weighted by molar-refractivity contribution is 6.08. The largest absolute Gasteiger partial charge is 0.545 e. The molecule has 3 aliphatic heterocycles. The molecule has 6 aromatic carbocycles. The number of likely N-dealkylation sites (N-methyl/N-ethyl adjacent to an activating group) is 2. The molecule has 25 nitrogen and oxygen atoms in total. The summed E-state index contributed by atoms with van der Waals surface area (Å²) in [5.41, 5.74) is 5.72. The molecule has 0 saturated carbocycles. The Hall–Kier alpha value is -11.5. The molecule has 6 N–H and O–H groups in total. The minimum Gasteiger partial charge on any atom is -0.545 e. The first-order valence-corrected chi connectivity index (χ1v) is 29.6. The lowest BCUT2D eigenvalue weighted by molar-refractivity contribution is -0.255. The predicted molar refractivity (Wildman–Crippen MR) is 345 cm³/mol. The van der Waals surface area contributed by atoms with Crippen molar-refractivity contribution in [3.8, 4) is 45.4 Å². The third-order valence-electron chi connectivity index (χ3n) is 15.8. The van der Waals surface area contributed by atoms with Gasteiger partial charge in [0, 0.05) is 105 Å². The number of carbonyl (C=O) groups is 7. The van der Waals surface area contributed by atoms with Crippen molar-refractivity contribution in [1.82, 2.24) is 4.58 Å². The van der Waals surface area contributed by atoms with Crippen LogP contribution in [0.1, 0.15) is 10.4 Å². The van der Waals surface area contributed by atoms with E-state index in [-0.39, 0.29) is 74.1 Å². The molecule has 2 amide bonds. The van der Waals surface area contributed by atoms with E-state index >= 15 is 0 Å². The topological polar surface area (TPSA) is 317 Å². The van der Waals surface area contributed by atoms with Crippen molar-refractivity contribution < 1.29 is 82.5 Å². The second kappa shape index (κ2) is 28.5. The Morgan fingerprint density at radius 3 is 1.59 bits per heavy atom. The average molecular weight is 1270 g/mol. The quantitative estimate of drug-likeness (QED) is 0.0186. The van der Waals surface area contributed by atoms with Crippen molar-refractivity contribution in [3.05, 3.63) is 157 Å². The first kappa shape index (κ1) is 64.5. The van der Waals surface area contributed by atoms with Crippen LogP contribution in [0, 0.1) is 11.8 Å². The van der Waals surface area contributed by atoms with E-state index in [0.717, 1.165) is 21.6 Å². The number of ether oxygens (including phenoxy) is 4. The number of para-hydroxylation sites is 4. The number of amides is 2. The molecular formula is C68H68N8O17. The van der Waals surface area contributed by atoms with Crippen LogP contribution < -0.4 is 69.1 Å². The van der Waals surface area contributed by atoms with E-state index in [9.17, 15) is 59.1 Å². The van der Waals surface area contributed by atoms with Gasteiger partial charge in [-0.1, -0.05) is 48.5 Å². The van der Waals surface area contributed by atoms with Crippen LogP contribution in [0.15, 0.2) is 150 Å². The van der Waals surface area contributed by atoms with Crippen LogP contribution >= 0.6 is 0 Å². The molecule has 0 atom stereocenters. The number of rotatable bonds is 29. The highest BCUT2D eigenvalue weighted by Gasteiger charge is 2.39. The van der Waals surface area contributed by atoms with Crippen molar-refractivity contribution in [2.75, 3.05) is 142 Å². The summed E-state index contributed by atoms with van der Waals surface area (Å²) in [6.07, 6.45) is 0. The minimum atomic E-state index is -1.35. The number of benzene rings is 7. The van der Waals surface area contributed by atoms with E-state index in [2.05, 4.69) is 10.6 Å². The summed E-state index contributed by atoms with van der Waals surface area (Å²) >= 11 is 0. The molecule has 3 heterocycles. The summed E-state index contributed by atoms with van der Waals surface area (Å²) in [5, 5.41) is 58.0. The van der Waals surface area contributed by atoms with Crippen LogP contribution in [0.4, 0.5) is 39.8 Å². The van der Waals surface area contributed by atoms with Crippen LogP contribution in [0.3, 0.4) is 0 Å². The van der Waals surface area contributed by atoms with Crippen molar-refractivity contribution >= 4 is 92.4 Å². The molecular weight excluding hydrogens is 1200 g/mol. The number of hydrogen-bond donors (Lipinski definition) is 6. The zero-order valence-corrected chi connectivity index (χ0v) is 51.3. The molecule has 6 aromatic rings. The maximum atomic E-state index is 13.9. The van der Waals surface area contributed by atoms with E-state index in [4.69, 9.17) is 23.4 Å². The number of aromatic carboxylic acids is 1. The van der Waals surface area contributed by atoms with Gasteiger partial charge in [-0.15, -0.1) is 0 Å². The number of anilines is 7. The smallest absolute Gasteiger partial charge is 0.323 e. The van der Waals surface area contributed by atoms with Crippen molar-refractivity contribution in [1.29, 1.82) is 0 Å². The number of fused-ring (bicyclic) bond motifs is 2. The average Bonchev–Trinajstić information content (AvgIpc) is 0.743. The van der Waals surface area contributed by atoms with Crippen molar-refractivity contribution in [2.45, 2.75) is 0 Å². The Balaban J connectivity index is 0.832. The summed E-state index contributed by atoms with van der Waals surface area (Å²) in [6.45, 7) is -0.314. The number of carbonyl (C=O) groups excluding carboxylic acids is 3. The molecule has 25 heteroatoms. The Kier molecular flexibility index (Phi) is 19.8. The van der Waals surface area contributed by atoms with Crippen LogP contribution in [0.25, 0.3) is 33.4 Å². The van der Waals surface area contributed by atoms with Gasteiger partial charge in [0.25, 0.3) is 0 Å². The SMILES string of the molecule is CN(C)c1ccccc1OCCOc1cc(NC(=O)C2CN(c3ccc4c(-c5ccccc5C(=O)[O-])c5ccc(=[N+]6CC(C(=O)Nc7ccc(N(C)CC(=O)O)c(OCCOc8ccccc8N(CC(=O)O)CC(=O)O)c7)C6)cc-5oc4c3)C2)ccc1N(C)CC(=O)O. The highest BCUT2D eigenvalue weighted by Crippen LogP contribution is 2.43. The lowest BCUT2D eigenvalue weighted by Crippen LogP contribution is -2.53.